The third kappa shape index (κ3) is 5.68. The molecule has 102 valence electrons. The van der Waals surface area contributed by atoms with Gasteiger partial charge in [-0.1, -0.05) is 64.4 Å². The second-order valence-corrected chi connectivity index (χ2v) is 5.91. The lowest BCUT2D eigenvalue weighted by atomic mass is 9.88. The number of hydrogen-bond donors (Lipinski definition) is 1. The molecule has 1 heteroatoms. The first-order valence-electron chi connectivity index (χ1n) is 7.39. The Morgan fingerprint density at radius 2 is 1.67 bits per heavy atom. The fourth-order valence-corrected chi connectivity index (χ4v) is 2.26. The van der Waals surface area contributed by atoms with Gasteiger partial charge in [0.15, 0.2) is 0 Å². The Hall–Kier alpha value is -0.820. The molecule has 0 saturated carbocycles. The van der Waals surface area contributed by atoms with Gasteiger partial charge in [-0.2, -0.15) is 0 Å². The van der Waals surface area contributed by atoms with Crippen LogP contribution in [0.1, 0.15) is 52.0 Å². The predicted octanol–water partition coefficient (Wildman–Crippen LogP) is 4.45. The lowest BCUT2D eigenvalue weighted by molar-refractivity contribution is 0.425. The summed E-state index contributed by atoms with van der Waals surface area (Å²) in [6.07, 6.45) is 2.55. The molecule has 0 aliphatic heterocycles. The van der Waals surface area contributed by atoms with Gasteiger partial charge in [-0.3, -0.25) is 0 Å². The molecule has 1 aromatic carbocycles. The molecule has 1 nitrogen and oxygen atoms in total. The summed E-state index contributed by atoms with van der Waals surface area (Å²) in [6.45, 7) is 11.4. The van der Waals surface area contributed by atoms with E-state index in [-0.39, 0.29) is 0 Å². The highest BCUT2D eigenvalue weighted by molar-refractivity contribution is 5.19. The minimum Gasteiger partial charge on any atom is -0.316 e. The van der Waals surface area contributed by atoms with Crippen molar-refractivity contribution in [1.82, 2.24) is 5.32 Å². The van der Waals surface area contributed by atoms with Crippen molar-refractivity contribution in [2.75, 3.05) is 13.1 Å². The zero-order valence-corrected chi connectivity index (χ0v) is 12.4. The van der Waals surface area contributed by atoms with Crippen molar-refractivity contribution >= 4 is 0 Å². The zero-order chi connectivity index (χ0) is 13.4. The summed E-state index contributed by atoms with van der Waals surface area (Å²) in [5.74, 6) is 2.18. The summed E-state index contributed by atoms with van der Waals surface area (Å²) in [7, 11) is 0. The zero-order valence-electron chi connectivity index (χ0n) is 12.4. The molecule has 0 heterocycles. The number of benzene rings is 1. The molecule has 0 fully saturated rings. The minimum absolute atomic E-state index is 0.653. The van der Waals surface area contributed by atoms with Crippen LogP contribution in [0.4, 0.5) is 0 Å². The summed E-state index contributed by atoms with van der Waals surface area (Å²) >= 11 is 0. The van der Waals surface area contributed by atoms with Crippen LogP contribution in [0.3, 0.4) is 0 Å². The molecule has 18 heavy (non-hydrogen) atoms. The van der Waals surface area contributed by atoms with E-state index in [1.54, 1.807) is 0 Å². The number of nitrogens with one attached hydrogen (secondary N) is 1. The number of rotatable bonds is 8. The highest BCUT2D eigenvalue weighted by atomic mass is 14.9. The van der Waals surface area contributed by atoms with Crippen LogP contribution in [0.25, 0.3) is 0 Å². The van der Waals surface area contributed by atoms with E-state index in [0.717, 1.165) is 24.9 Å². The van der Waals surface area contributed by atoms with Gasteiger partial charge in [-0.05, 0) is 36.3 Å². The van der Waals surface area contributed by atoms with Gasteiger partial charge in [-0.25, -0.2) is 0 Å². The Labute approximate surface area is 113 Å². The van der Waals surface area contributed by atoms with E-state index in [0.29, 0.717) is 5.92 Å². The van der Waals surface area contributed by atoms with E-state index >= 15 is 0 Å². The molecule has 2 atom stereocenters. The smallest absolute Gasteiger partial charge is 0.00203 e. The summed E-state index contributed by atoms with van der Waals surface area (Å²) in [5.41, 5.74) is 1.48. The van der Waals surface area contributed by atoms with Gasteiger partial charge in [0, 0.05) is 6.54 Å². The van der Waals surface area contributed by atoms with E-state index < -0.39 is 0 Å². The molecular formula is C17H29N. The SMILES string of the molecule is CCC(C)CC(CNCC(C)C)c1ccccc1. The normalized spacial score (nSPS) is 14.7. The van der Waals surface area contributed by atoms with E-state index in [9.17, 15) is 0 Å². The summed E-state index contributed by atoms with van der Waals surface area (Å²) in [5, 5.41) is 3.61. The van der Waals surface area contributed by atoms with Gasteiger partial charge in [-0.15, -0.1) is 0 Å². The Morgan fingerprint density at radius 3 is 2.22 bits per heavy atom. The Morgan fingerprint density at radius 1 is 1.00 bits per heavy atom. The molecule has 0 aromatic heterocycles. The van der Waals surface area contributed by atoms with Crippen molar-refractivity contribution in [2.45, 2.75) is 46.5 Å². The first-order chi connectivity index (χ1) is 8.63. The molecule has 1 rings (SSSR count). The molecule has 2 unspecified atom stereocenters. The first kappa shape index (κ1) is 15.2. The fraction of sp³-hybridized carbons (Fsp3) is 0.647. The molecule has 0 bridgehead atoms. The van der Waals surface area contributed by atoms with Crippen LogP contribution in [0.2, 0.25) is 0 Å². The van der Waals surface area contributed by atoms with Crippen LogP contribution >= 0.6 is 0 Å². The van der Waals surface area contributed by atoms with Gasteiger partial charge in [0.05, 0.1) is 0 Å². The van der Waals surface area contributed by atoms with Crippen molar-refractivity contribution in [1.29, 1.82) is 0 Å². The van der Waals surface area contributed by atoms with Gasteiger partial charge in [0.1, 0.15) is 0 Å². The maximum absolute atomic E-state index is 3.61. The summed E-state index contributed by atoms with van der Waals surface area (Å²) in [6, 6.07) is 10.9. The van der Waals surface area contributed by atoms with Crippen molar-refractivity contribution in [3.05, 3.63) is 35.9 Å². The van der Waals surface area contributed by atoms with Crippen LogP contribution in [0.5, 0.6) is 0 Å². The van der Waals surface area contributed by atoms with E-state index in [1.807, 2.05) is 0 Å². The molecule has 0 aliphatic rings. The average molecular weight is 247 g/mol. The lowest BCUT2D eigenvalue weighted by Gasteiger charge is -2.22. The van der Waals surface area contributed by atoms with Gasteiger partial charge < -0.3 is 5.32 Å². The second-order valence-electron chi connectivity index (χ2n) is 5.91. The molecule has 1 N–H and O–H groups in total. The van der Waals surface area contributed by atoms with Gasteiger partial charge >= 0.3 is 0 Å². The van der Waals surface area contributed by atoms with Crippen LogP contribution < -0.4 is 5.32 Å². The highest BCUT2D eigenvalue weighted by Gasteiger charge is 2.14. The van der Waals surface area contributed by atoms with Gasteiger partial charge in [0.2, 0.25) is 0 Å². The Balaban J connectivity index is 2.58. The third-order valence-electron chi connectivity index (χ3n) is 3.60. The van der Waals surface area contributed by atoms with Crippen molar-refractivity contribution in [3.8, 4) is 0 Å². The maximum Gasteiger partial charge on any atom is 0.00203 e. The molecule has 0 aliphatic carbocycles. The largest absolute Gasteiger partial charge is 0.316 e. The van der Waals surface area contributed by atoms with Gasteiger partial charge in [0.25, 0.3) is 0 Å². The van der Waals surface area contributed by atoms with Crippen molar-refractivity contribution in [3.63, 3.8) is 0 Å². The predicted molar refractivity (Wildman–Crippen MR) is 81.0 cm³/mol. The fourth-order valence-electron chi connectivity index (χ4n) is 2.26. The maximum atomic E-state index is 3.61. The Bertz CT molecular complexity index is 305. The van der Waals surface area contributed by atoms with E-state index in [4.69, 9.17) is 0 Å². The lowest BCUT2D eigenvalue weighted by Crippen LogP contribution is -2.26. The molecule has 0 spiro atoms. The molecule has 0 radical (unpaired) electrons. The quantitative estimate of drug-likeness (QED) is 0.715. The first-order valence-corrected chi connectivity index (χ1v) is 7.39. The third-order valence-corrected chi connectivity index (χ3v) is 3.60. The molecule has 0 saturated heterocycles. The van der Waals surface area contributed by atoms with Crippen LogP contribution in [0, 0.1) is 11.8 Å². The monoisotopic (exact) mass is 247 g/mol. The van der Waals surface area contributed by atoms with Crippen molar-refractivity contribution in [2.24, 2.45) is 11.8 Å². The second kappa shape index (κ2) is 8.31. The minimum atomic E-state index is 0.653. The van der Waals surface area contributed by atoms with E-state index in [1.165, 1.54) is 18.4 Å². The van der Waals surface area contributed by atoms with Crippen molar-refractivity contribution < 1.29 is 0 Å². The highest BCUT2D eigenvalue weighted by Crippen LogP contribution is 2.24. The molecule has 1 aromatic rings. The molecule has 0 amide bonds. The number of hydrogen-bond acceptors (Lipinski definition) is 1. The summed E-state index contributed by atoms with van der Waals surface area (Å²) in [4.78, 5) is 0. The average Bonchev–Trinajstić information content (AvgIpc) is 2.38. The molecular weight excluding hydrogens is 218 g/mol. The van der Waals surface area contributed by atoms with Crippen LogP contribution in [-0.2, 0) is 0 Å². The Kier molecular flexibility index (Phi) is 7.04. The summed E-state index contributed by atoms with van der Waals surface area (Å²) < 4.78 is 0. The standard InChI is InChI=1S/C17H29N/c1-5-15(4)11-17(13-18-12-14(2)3)16-9-7-6-8-10-16/h6-10,14-15,17-18H,5,11-13H2,1-4H3. The van der Waals surface area contributed by atoms with E-state index in [2.05, 4.69) is 63.3 Å². The van der Waals surface area contributed by atoms with Crippen LogP contribution in [-0.4, -0.2) is 13.1 Å². The topological polar surface area (TPSA) is 12.0 Å². The van der Waals surface area contributed by atoms with Crippen LogP contribution in [0.15, 0.2) is 30.3 Å².